The van der Waals surface area contributed by atoms with Crippen LogP contribution in [0.5, 0.6) is 0 Å². The van der Waals surface area contributed by atoms with Crippen molar-refractivity contribution < 1.29 is 9.90 Å². The van der Waals surface area contributed by atoms with Gasteiger partial charge in [-0.3, -0.25) is 4.90 Å². The van der Waals surface area contributed by atoms with Gasteiger partial charge in [-0.2, -0.15) is 0 Å². The van der Waals surface area contributed by atoms with Gasteiger partial charge in [0.05, 0.1) is 5.56 Å². The summed E-state index contributed by atoms with van der Waals surface area (Å²) in [7, 11) is 0. The van der Waals surface area contributed by atoms with E-state index in [0.717, 1.165) is 26.1 Å². The Kier molecular flexibility index (Phi) is 3.59. The van der Waals surface area contributed by atoms with Crippen LogP contribution in [0.3, 0.4) is 0 Å². The highest BCUT2D eigenvalue weighted by Crippen LogP contribution is 2.13. The number of carboxylic acids is 1. The highest BCUT2D eigenvalue weighted by atomic mass is 16.4. The Hall–Kier alpha value is -1.61. The first kappa shape index (κ1) is 11.9. The van der Waals surface area contributed by atoms with E-state index in [-0.39, 0.29) is 0 Å². The Bertz CT molecular complexity index is 434. The van der Waals surface area contributed by atoms with Gasteiger partial charge in [0.1, 0.15) is 0 Å². The molecule has 0 radical (unpaired) electrons. The van der Waals surface area contributed by atoms with Crippen LogP contribution in [0, 0.1) is 0 Å². The summed E-state index contributed by atoms with van der Waals surface area (Å²) in [6.45, 7) is 5.14. The number of hydrogen-bond donors (Lipinski definition) is 1. The number of benzene rings is 1. The minimum absolute atomic E-state index is 0.350. The summed E-state index contributed by atoms with van der Waals surface area (Å²) >= 11 is 0. The molecule has 3 nitrogen and oxygen atoms in total. The zero-order valence-electron chi connectivity index (χ0n) is 10.0. The molecule has 2 rings (SSSR count). The first-order valence-electron chi connectivity index (χ1n) is 5.85. The third-order valence-corrected chi connectivity index (χ3v) is 3.02. The zero-order chi connectivity index (χ0) is 12.3. The second-order valence-corrected chi connectivity index (χ2v) is 4.55. The minimum atomic E-state index is -0.867. The average molecular weight is 231 g/mol. The first-order valence-corrected chi connectivity index (χ1v) is 5.85. The first-order chi connectivity index (χ1) is 8.15. The van der Waals surface area contributed by atoms with Crippen LogP contribution in [0.15, 0.2) is 35.9 Å². The predicted molar refractivity (Wildman–Crippen MR) is 67.1 cm³/mol. The molecule has 0 aliphatic carbocycles. The van der Waals surface area contributed by atoms with Gasteiger partial charge in [-0.05, 0) is 31.0 Å². The second kappa shape index (κ2) is 5.15. The molecule has 0 spiro atoms. The highest BCUT2D eigenvalue weighted by molar-refractivity contribution is 5.87. The van der Waals surface area contributed by atoms with Crippen LogP contribution in [0.25, 0.3) is 0 Å². The Morgan fingerprint density at radius 3 is 2.65 bits per heavy atom. The molecule has 0 saturated carbocycles. The lowest BCUT2D eigenvalue weighted by molar-refractivity contribution is 0.0697. The summed E-state index contributed by atoms with van der Waals surface area (Å²) < 4.78 is 0. The fraction of sp³-hybridized carbons (Fsp3) is 0.357. The maximum Gasteiger partial charge on any atom is 0.335 e. The van der Waals surface area contributed by atoms with Crippen molar-refractivity contribution in [2.75, 3.05) is 13.1 Å². The fourth-order valence-electron chi connectivity index (χ4n) is 2.14. The Morgan fingerprint density at radius 2 is 2.06 bits per heavy atom. The molecule has 1 heterocycles. The van der Waals surface area contributed by atoms with Crippen molar-refractivity contribution in [1.29, 1.82) is 0 Å². The van der Waals surface area contributed by atoms with E-state index in [1.54, 1.807) is 12.1 Å². The molecular weight excluding hydrogens is 214 g/mol. The standard InChI is InChI=1S/C14H17NO2/c1-11-3-2-8-15(9-11)10-12-4-6-13(7-5-12)14(16)17/h3-7H,2,8-10H2,1H3,(H,16,17). The zero-order valence-corrected chi connectivity index (χ0v) is 10.0. The summed E-state index contributed by atoms with van der Waals surface area (Å²) in [4.78, 5) is 13.1. The lowest BCUT2D eigenvalue weighted by Gasteiger charge is -2.25. The molecular formula is C14H17NO2. The van der Waals surface area contributed by atoms with Crippen molar-refractivity contribution in [3.8, 4) is 0 Å². The molecule has 1 N–H and O–H groups in total. The number of carbonyl (C=O) groups is 1. The van der Waals surface area contributed by atoms with E-state index in [4.69, 9.17) is 5.11 Å². The Morgan fingerprint density at radius 1 is 1.35 bits per heavy atom. The number of aromatic carboxylic acids is 1. The minimum Gasteiger partial charge on any atom is -0.478 e. The smallest absolute Gasteiger partial charge is 0.335 e. The quantitative estimate of drug-likeness (QED) is 0.813. The monoisotopic (exact) mass is 231 g/mol. The van der Waals surface area contributed by atoms with Crippen molar-refractivity contribution in [3.05, 3.63) is 47.0 Å². The molecule has 0 aromatic heterocycles. The lowest BCUT2D eigenvalue weighted by Crippen LogP contribution is -2.28. The Balaban J connectivity index is 1.99. The van der Waals surface area contributed by atoms with Crippen LogP contribution in [-0.4, -0.2) is 29.1 Å². The van der Waals surface area contributed by atoms with Gasteiger partial charge in [0.2, 0.25) is 0 Å². The third kappa shape index (κ3) is 3.17. The van der Waals surface area contributed by atoms with Gasteiger partial charge in [-0.25, -0.2) is 4.79 Å². The average Bonchev–Trinajstić information content (AvgIpc) is 2.29. The van der Waals surface area contributed by atoms with E-state index < -0.39 is 5.97 Å². The normalized spacial score (nSPS) is 16.6. The molecule has 1 aromatic rings. The third-order valence-electron chi connectivity index (χ3n) is 3.02. The molecule has 1 aromatic carbocycles. The van der Waals surface area contributed by atoms with Crippen LogP contribution in [0.4, 0.5) is 0 Å². The molecule has 17 heavy (non-hydrogen) atoms. The van der Waals surface area contributed by atoms with E-state index in [2.05, 4.69) is 17.9 Å². The molecule has 0 saturated heterocycles. The highest BCUT2D eigenvalue weighted by Gasteiger charge is 2.10. The summed E-state index contributed by atoms with van der Waals surface area (Å²) in [5.74, 6) is -0.867. The van der Waals surface area contributed by atoms with Gasteiger partial charge < -0.3 is 5.11 Å². The molecule has 0 atom stereocenters. The summed E-state index contributed by atoms with van der Waals surface area (Å²) in [6.07, 6.45) is 3.39. The summed E-state index contributed by atoms with van der Waals surface area (Å²) in [6, 6.07) is 7.14. The molecule has 0 unspecified atom stereocenters. The molecule has 1 aliphatic rings. The van der Waals surface area contributed by atoms with E-state index in [1.165, 1.54) is 11.1 Å². The molecule has 0 amide bonds. The molecule has 0 fully saturated rings. The van der Waals surface area contributed by atoms with Gasteiger partial charge in [-0.15, -0.1) is 0 Å². The van der Waals surface area contributed by atoms with Crippen molar-refractivity contribution >= 4 is 5.97 Å². The van der Waals surface area contributed by atoms with E-state index in [1.807, 2.05) is 12.1 Å². The maximum atomic E-state index is 10.7. The van der Waals surface area contributed by atoms with Crippen molar-refractivity contribution in [2.45, 2.75) is 19.9 Å². The fourth-order valence-corrected chi connectivity index (χ4v) is 2.14. The second-order valence-electron chi connectivity index (χ2n) is 4.55. The van der Waals surface area contributed by atoms with Crippen LogP contribution in [0.2, 0.25) is 0 Å². The largest absolute Gasteiger partial charge is 0.478 e. The van der Waals surface area contributed by atoms with Crippen molar-refractivity contribution in [3.63, 3.8) is 0 Å². The van der Waals surface area contributed by atoms with Crippen LogP contribution in [-0.2, 0) is 6.54 Å². The van der Waals surface area contributed by atoms with E-state index in [9.17, 15) is 4.79 Å². The number of hydrogen-bond acceptors (Lipinski definition) is 2. The van der Waals surface area contributed by atoms with Gasteiger partial charge in [0.25, 0.3) is 0 Å². The molecule has 1 aliphatic heterocycles. The Labute approximate surface area is 101 Å². The SMILES string of the molecule is CC1=CCCN(Cc2ccc(C(=O)O)cc2)C1. The van der Waals surface area contributed by atoms with E-state index in [0.29, 0.717) is 5.56 Å². The number of rotatable bonds is 3. The molecule has 3 heteroatoms. The molecule has 90 valence electrons. The summed E-state index contributed by atoms with van der Waals surface area (Å²) in [5, 5.41) is 8.81. The van der Waals surface area contributed by atoms with Gasteiger partial charge in [0, 0.05) is 19.6 Å². The summed E-state index contributed by atoms with van der Waals surface area (Å²) in [5.41, 5.74) is 2.94. The van der Waals surface area contributed by atoms with Crippen molar-refractivity contribution in [2.24, 2.45) is 0 Å². The number of nitrogens with zero attached hydrogens (tertiary/aromatic N) is 1. The molecule has 0 bridgehead atoms. The predicted octanol–water partition coefficient (Wildman–Crippen LogP) is 2.54. The van der Waals surface area contributed by atoms with Gasteiger partial charge in [0.15, 0.2) is 0 Å². The van der Waals surface area contributed by atoms with Crippen LogP contribution < -0.4 is 0 Å². The number of carboxylic acid groups (broad SMARTS) is 1. The van der Waals surface area contributed by atoms with Crippen LogP contribution >= 0.6 is 0 Å². The van der Waals surface area contributed by atoms with Gasteiger partial charge >= 0.3 is 5.97 Å². The van der Waals surface area contributed by atoms with Gasteiger partial charge in [-0.1, -0.05) is 23.8 Å². The maximum absolute atomic E-state index is 10.7. The lowest BCUT2D eigenvalue weighted by atomic mass is 10.1. The van der Waals surface area contributed by atoms with Crippen molar-refractivity contribution in [1.82, 2.24) is 4.90 Å². The topological polar surface area (TPSA) is 40.5 Å². The van der Waals surface area contributed by atoms with E-state index >= 15 is 0 Å². The van der Waals surface area contributed by atoms with Crippen LogP contribution in [0.1, 0.15) is 29.3 Å².